The van der Waals surface area contributed by atoms with Crippen LogP contribution in [0, 0.1) is 0 Å². The van der Waals surface area contributed by atoms with E-state index >= 15 is 0 Å². The largest absolute Gasteiger partial charge is 0.418 e. The summed E-state index contributed by atoms with van der Waals surface area (Å²) in [5.74, 6) is 0.136. The number of benzene rings is 2. The lowest BCUT2D eigenvalue weighted by Gasteiger charge is -2.02. The first-order valence-corrected chi connectivity index (χ1v) is 13.7. The predicted octanol–water partition coefficient (Wildman–Crippen LogP) is 3.89. The number of hydrogen-bond acceptors (Lipinski definition) is 11. The highest BCUT2D eigenvalue weighted by Crippen LogP contribution is 2.29. The molecule has 14 heteroatoms. The van der Waals surface area contributed by atoms with Gasteiger partial charge in [0, 0.05) is 6.26 Å². The molecule has 0 radical (unpaired) electrons. The van der Waals surface area contributed by atoms with Gasteiger partial charge in [-0.15, -0.1) is 10.2 Å². The molecule has 4 aromatic rings. The highest BCUT2D eigenvalue weighted by atomic mass is 32.2. The molecule has 2 aromatic carbocycles. The van der Waals surface area contributed by atoms with Gasteiger partial charge in [-0.3, -0.25) is 10.1 Å². The Kier molecular flexibility index (Phi) is 6.88. The SMILES string of the molecule is CS(=O)(=O)c1ccc2nc(NC(=O)CSc3nnc(NC(=O)Oc4ccccc4)s3)sc2c1. The van der Waals surface area contributed by atoms with Crippen LogP contribution < -0.4 is 15.4 Å². The maximum Gasteiger partial charge on any atom is 0.418 e. The number of rotatable bonds is 7. The van der Waals surface area contributed by atoms with Crippen molar-refractivity contribution in [3.05, 3.63) is 48.5 Å². The summed E-state index contributed by atoms with van der Waals surface area (Å²) in [7, 11) is -3.33. The molecular formula is C19H15N5O5S4. The highest BCUT2D eigenvalue weighted by Gasteiger charge is 2.14. The molecule has 4 rings (SSSR count). The van der Waals surface area contributed by atoms with E-state index < -0.39 is 15.9 Å². The molecule has 0 saturated heterocycles. The first-order chi connectivity index (χ1) is 15.8. The average Bonchev–Trinajstić information content (AvgIpc) is 3.37. The lowest BCUT2D eigenvalue weighted by molar-refractivity contribution is -0.113. The summed E-state index contributed by atoms with van der Waals surface area (Å²) < 4.78 is 29.7. The average molecular weight is 522 g/mol. The third-order valence-corrected chi connectivity index (χ3v) is 7.95. The fourth-order valence-electron chi connectivity index (χ4n) is 2.50. The number of anilines is 2. The van der Waals surface area contributed by atoms with Crippen molar-refractivity contribution in [2.24, 2.45) is 0 Å². The van der Waals surface area contributed by atoms with Crippen molar-refractivity contribution in [3.8, 4) is 5.75 Å². The molecule has 10 nitrogen and oxygen atoms in total. The minimum atomic E-state index is -3.33. The first kappa shape index (κ1) is 23.1. The van der Waals surface area contributed by atoms with Crippen molar-refractivity contribution < 1.29 is 22.7 Å². The molecule has 0 spiro atoms. The van der Waals surface area contributed by atoms with Gasteiger partial charge in [-0.25, -0.2) is 18.2 Å². The Morgan fingerprint density at radius 3 is 2.58 bits per heavy atom. The molecule has 0 unspecified atom stereocenters. The minimum Gasteiger partial charge on any atom is -0.410 e. The van der Waals surface area contributed by atoms with Gasteiger partial charge in [0.1, 0.15) is 5.75 Å². The number of sulfone groups is 1. The fourth-order valence-corrected chi connectivity index (χ4v) is 5.68. The van der Waals surface area contributed by atoms with Gasteiger partial charge < -0.3 is 10.1 Å². The Bertz CT molecular complexity index is 1420. The van der Waals surface area contributed by atoms with Gasteiger partial charge in [-0.05, 0) is 30.3 Å². The van der Waals surface area contributed by atoms with Gasteiger partial charge in [-0.2, -0.15) is 0 Å². The zero-order chi connectivity index (χ0) is 23.4. The van der Waals surface area contributed by atoms with E-state index in [-0.39, 0.29) is 21.7 Å². The Balaban J connectivity index is 1.29. The van der Waals surface area contributed by atoms with Gasteiger partial charge in [0.05, 0.1) is 20.9 Å². The third kappa shape index (κ3) is 6.25. The number of ether oxygens (including phenoxy) is 1. The number of thioether (sulfide) groups is 1. The van der Waals surface area contributed by atoms with Gasteiger partial charge in [0.15, 0.2) is 19.3 Å². The smallest absolute Gasteiger partial charge is 0.410 e. The van der Waals surface area contributed by atoms with Crippen LogP contribution in [0.15, 0.2) is 57.8 Å². The Morgan fingerprint density at radius 2 is 1.82 bits per heavy atom. The maximum absolute atomic E-state index is 12.3. The monoisotopic (exact) mass is 521 g/mol. The number of nitrogens with one attached hydrogen (secondary N) is 2. The molecule has 2 aromatic heterocycles. The number of aromatic nitrogens is 3. The van der Waals surface area contributed by atoms with Crippen LogP contribution in [-0.2, 0) is 14.6 Å². The summed E-state index contributed by atoms with van der Waals surface area (Å²) in [5.41, 5.74) is 0.595. The van der Waals surface area contributed by atoms with E-state index in [4.69, 9.17) is 4.74 Å². The van der Waals surface area contributed by atoms with E-state index in [9.17, 15) is 18.0 Å². The van der Waals surface area contributed by atoms with Gasteiger partial charge in [0.2, 0.25) is 11.0 Å². The number of thiazole rings is 1. The van der Waals surface area contributed by atoms with Crippen LogP contribution in [0.25, 0.3) is 10.2 Å². The van der Waals surface area contributed by atoms with Crippen molar-refractivity contribution in [2.75, 3.05) is 22.6 Å². The van der Waals surface area contributed by atoms with Crippen LogP contribution in [0.2, 0.25) is 0 Å². The topological polar surface area (TPSA) is 140 Å². The molecule has 0 saturated carbocycles. The molecule has 2 N–H and O–H groups in total. The lowest BCUT2D eigenvalue weighted by atomic mass is 10.3. The van der Waals surface area contributed by atoms with Gasteiger partial charge >= 0.3 is 6.09 Å². The van der Waals surface area contributed by atoms with Crippen molar-refractivity contribution in [1.29, 1.82) is 0 Å². The number of fused-ring (bicyclic) bond motifs is 1. The molecular weight excluding hydrogens is 507 g/mol. The molecule has 0 atom stereocenters. The van der Waals surface area contributed by atoms with Crippen LogP contribution in [0.4, 0.5) is 15.1 Å². The molecule has 0 bridgehead atoms. The summed E-state index contributed by atoms with van der Waals surface area (Å²) in [6, 6.07) is 13.2. The summed E-state index contributed by atoms with van der Waals surface area (Å²) in [6.45, 7) is 0. The number of para-hydroxylation sites is 1. The summed E-state index contributed by atoms with van der Waals surface area (Å²) in [5, 5.41) is 13.6. The van der Waals surface area contributed by atoms with Crippen molar-refractivity contribution in [2.45, 2.75) is 9.24 Å². The minimum absolute atomic E-state index is 0.0492. The summed E-state index contributed by atoms with van der Waals surface area (Å²) in [6.07, 6.45) is 0.442. The Hall–Kier alpha value is -3.07. The van der Waals surface area contributed by atoms with E-state index in [0.717, 1.165) is 29.4 Å². The molecule has 0 aliphatic heterocycles. The molecule has 170 valence electrons. The highest BCUT2D eigenvalue weighted by molar-refractivity contribution is 8.01. The van der Waals surface area contributed by atoms with Crippen LogP contribution in [-0.4, -0.2) is 47.6 Å². The molecule has 2 heterocycles. The predicted molar refractivity (Wildman–Crippen MR) is 128 cm³/mol. The molecule has 0 fully saturated rings. The van der Waals surface area contributed by atoms with Crippen LogP contribution in [0.3, 0.4) is 0 Å². The first-order valence-electron chi connectivity index (χ1n) is 9.17. The molecule has 33 heavy (non-hydrogen) atoms. The van der Waals surface area contributed by atoms with Crippen molar-refractivity contribution in [3.63, 3.8) is 0 Å². The Labute approximate surface area is 200 Å². The number of carbonyl (C=O) groups is 2. The number of carbonyl (C=O) groups excluding carboxylic acids is 2. The Morgan fingerprint density at radius 1 is 1.03 bits per heavy atom. The van der Waals surface area contributed by atoms with E-state index in [0.29, 0.717) is 25.4 Å². The van der Waals surface area contributed by atoms with Crippen LogP contribution in [0.5, 0.6) is 5.75 Å². The molecule has 0 aliphatic rings. The van der Waals surface area contributed by atoms with Crippen molar-refractivity contribution in [1.82, 2.24) is 15.2 Å². The normalized spacial score (nSPS) is 11.3. The number of nitrogens with zero attached hydrogens (tertiary/aromatic N) is 3. The second-order valence-corrected chi connectivity index (χ2v) is 11.7. The lowest BCUT2D eigenvalue weighted by Crippen LogP contribution is -2.16. The number of hydrogen-bond donors (Lipinski definition) is 2. The molecule has 2 amide bonds. The van der Waals surface area contributed by atoms with E-state index in [1.54, 1.807) is 36.4 Å². The maximum atomic E-state index is 12.3. The zero-order valence-electron chi connectivity index (χ0n) is 16.8. The second-order valence-electron chi connectivity index (χ2n) is 6.46. The molecule has 0 aliphatic carbocycles. The standard InChI is InChI=1S/C19H15N5O5S4/c1-33(27,28)12-7-8-13-14(9-12)31-16(20-13)21-15(25)10-30-19-24-23-17(32-19)22-18(26)29-11-5-3-2-4-6-11/h2-9H,10H2,1H3,(H,20,21,25)(H,22,23,26). The third-order valence-electron chi connectivity index (χ3n) is 3.93. The van der Waals surface area contributed by atoms with E-state index in [2.05, 4.69) is 25.8 Å². The summed E-state index contributed by atoms with van der Waals surface area (Å²) in [4.78, 5) is 28.7. The van der Waals surface area contributed by atoms with Gasteiger partial charge in [-0.1, -0.05) is 52.6 Å². The quantitative estimate of drug-likeness (QED) is 0.274. The number of amides is 2. The van der Waals surface area contributed by atoms with Crippen molar-refractivity contribution >= 4 is 76.8 Å². The van der Waals surface area contributed by atoms with Crippen LogP contribution >= 0.6 is 34.4 Å². The zero-order valence-corrected chi connectivity index (χ0v) is 20.1. The van der Waals surface area contributed by atoms with Gasteiger partial charge in [0.25, 0.3) is 0 Å². The summed E-state index contributed by atoms with van der Waals surface area (Å²) >= 11 is 3.44. The van der Waals surface area contributed by atoms with E-state index in [1.165, 1.54) is 23.5 Å². The van der Waals surface area contributed by atoms with Crippen LogP contribution in [0.1, 0.15) is 0 Å². The fraction of sp³-hybridized carbons (Fsp3) is 0.105. The second kappa shape index (κ2) is 9.82. The van der Waals surface area contributed by atoms with E-state index in [1.807, 2.05) is 0 Å².